The van der Waals surface area contributed by atoms with Crippen LogP contribution in [-0.2, 0) is 9.53 Å². The van der Waals surface area contributed by atoms with Crippen molar-refractivity contribution in [1.82, 2.24) is 4.98 Å². The van der Waals surface area contributed by atoms with Crippen molar-refractivity contribution in [3.8, 4) is 11.3 Å². The molecule has 0 radical (unpaired) electrons. The van der Waals surface area contributed by atoms with Gasteiger partial charge in [-0.05, 0) is 68.5 Å². The summed E-state index contributed by atoms with van der Waals surface area (Å²) in [5, 5.41) is 4.15. The average Bonchev–Trinajstić information content (AvgIpc) is 3.37. The molecule has 1 amide bonds. The van der Waals surface area contributed by atoms with Gasteiger partial charge in [-0.1, -0.05) is 34.5 Å². The molecule has 0 atom stereocenters. The molecule has 0 aliphatic heterocycles. The number of amides is 1. The summed E-state index contributed by atoms with van der Waals surface area (Å²) in [7, 11) is 0. The third-order valence-electron chi connectivity index (χ3n) is 4.37. The average molecular weight is 501 g/mol. The Kier molecular flexibility index (Phi) is 6.83. The van der Waals surface area contributed by atoms with Gasteiger partial charge in [0.1, 0.15) is 11.5 Å². The summed E-state index contributed by atoms with van der Waals surface area (Å²) in [6.45, 7) is 3.58. The first kappa shape index (κ1) is 23.0. The van der Waals surface area contributed by atoms with E-state index in [0.29, 0.717) is 37.8 Å². The van der Waals surface area contributed by atoms with Crippen LogP contribution >= 0.6 is 34.5 Å². The molecule has 0 bridgehead atoms. The van der Waals surface area contributed by atoms with E-state index in [2.05, 4.69) is 10.3 Å². The summed E-state index contributed by atoms with van der Waals surface area (Å²) in [5.74, 6) is 0.315. The first-order valence-corrected chi connectivity index (χ1v) is 11.5. The number of rotatable bonds is 6. The molecule has 2 heterocycles. The van der Waals surface area contributed by atoms with E-state index in [0.717, 1.165) is 10.3 Å². The largest absolute Gasteiger partial charge is 0.459 e. The topological polar surface area (TPSA) is 81.4 Å². The van der Waals surface area contributed by atoms with Gasteiger partial charge in [-0.25, -0.2) is 9.78 Å². The van der Waals surface area contributed by atoms with Crippen LogP contribution in [0.2, 0.25) is 10.0 Å². The van der Waals surface area contributed by atoms with E-state index in [1.165, 1.54) is 17.4 Å². The zero-order chi connectivity index (χ0) is 23.5. The number of thiazole rings is 1. The lowest BCUT2D eigenvalue weighted by atomic mass is 10.2. The van der Waals surface area contributed by atoms with Crippen molar-refractivity contribution < 1.29 is 18.7 Å². The van der Waals surface area contributed by atoms with Crippen LogP contribution in [0.5, 0.6) is 0 Å². The Morgan fingerprint density at radius 3 is 2.58 bits per heavy atom. The molecule has 0 fully saturated rings. The third kappa shape index (κ3) is 5.82. The predicted molar refractivity (Wildman–Crippen MR) is 132 cm³/mol. The Balaban J connectivity index is 1.43. The molecule has 33 heavy (non-hydrogen) atoms. The maximum atomic E-state index is 12.3. The number of hydrogen-bond donors (Lipinski definition) is 1. The fourth-order valence-electron chi connectivity index (χ4n) is 2.99. The number of nitrogens with one attached hydrogen (secondary N) is 1. The van der Waals surface area contributed by atoms with Crippen molar-refractivity contribution in [1.29, 1.82) is 0 Å². The highest BCUT2D eigenvalue weighted by Gasteiger charge is 2.13. The summed E-state index contributed by atoms with van der Waals surface area (Å²) in [6.07, 6.45) is 2.70. The molecule has 4 rings (SSSR count). The lowest BCUT2D eigenvalue weighted by Crippen LogP contribution is -2.11. The van der Waals surface area contributed by atoms with E-state index in [1.807, 2.05) is 0 Å². The lowest BCUT2D eigenvalue weighted by molar-refractivity contribution is -0.111. The number of halogens is 2. The molecule has 0 saturated heterocycles. The zero-order valence-electron chi connectivity index (χ0n) is 17.6. The van der Waals surface area contributed by atoms with Gasteiger partial charge < -0.3 is 9.15 Å². The highest BCUT2D eigenvalue weighted by molar-refractivity contribution is 7.22. The summed E-state index contributed by atoms with van der Waals surface area (Å²) < 4.78 is 11.7. The summed E-state index contributed by atoms with van der Waals surface area (Å²) >= 11 is 13.3. The number of carbonyl (C=O) groups excluding carboxylic acids is 2. The van der Waals surface area contributed by atoms with E-state index in [1.54, 1.807) is 68.5 Å². The molecule has 0 unspecified atom stereocenters. The molecule has 0 aliphatic rings. The molecule has 1 N–H and O–H groups in total. The smallest absolute Gasteiger partial charge is 0.338 e. The summed E-state index contributed by atoms with van der Waals surface area (Å²) in [6, 6.07) is 13.7. The number of nitrogens with zero attached hydrogens (tertiary/aromatic N) is 1. The van der Waals surface area contributed by atoms with Crippen LogP contribution in [0.3, 0.4) is 0 Å². The Morgan fingerprint density at radius 1 is 1.09 bits per heavy atom. The first-order valence-electron chi connectivity index (χ1n) is 9.94. The molecule has 168 valence electrons. The van der Waals surface area contributed by atoms with Crippen LogP contribution in [0, 0.1) is 0 Å². The zero-order valence-corrected chi connectivity index (χ0v) is 19.9. The molecule has 0 spiro atoms. The summed E-state index contributed by atoms with van der Waals surface area (Å²) in [5.41, 5.74) is 1.85. The highest BCUT2D eigenvalue weighted by atomic mass is 35.5. The van der Waals surface area contributed by atoms with Gasteiger partial charge in [0, 0.05) is 21.7 Å². The van der Waals surface area contributed by atoms with Crippen molar-refractivity contribution in [2.45, 2.75) is 20.0 Å². The van der Waals surface area contributed by atoms with E-state index < -0.39 is 5.97 Å². The second kappa shape index (κ2) is 9.79. The van der Waals surface area contributed by atoms with Gasteiger partial charge in [-0.15, -0.1) is 0 Å². The number of ether oxygens (including phenoxy) is 1. The fraction of sp³-hybridized carbons (Fsp3) is 0.125. The van der Waals surface area contributed by atoms with Crippen LogP contribution in [0.25, 0.3) is 27.6 Å². The maximum Gasteiger partial charge on any atom is 0.338 e. The SMILES string of the molecule is CC(C)OC(=O)c1ccc2nc(NC(=O)/C=C/c3ccc(-c4cc(Cl)cc(Cl)c4)o3)sc2c1. The van der Waals surface area contributed by atoms with Gasteiger partial charge >= 0.3 is 5.97 Å². The van der Waals surface area contributed by atoms with Crippen LogP contribution in [0.1, 0.15) is 30.0 Å². The van der Waals surface area contributed by atoms with E-state index in [9.17, 15) is 9.59 Å². The van der Waals surface area contributed by atoms with Crippen molar-refractivity contribution in [3.05, 3.63) is 76.0 Å². The van der Waals surface area contributed by atoms with Crippen molar-refractivity contribution in [3.63, 3.8) is 0 Å². The number of carbonyl (C=O) groups is 2. The van der Waals surface area contributed by atoms with Gasteiger partial charge in [0.05, 0.1) is 21.9 Å². The number of anilines is 1. The van der Waals surface area contributed by atoms with E-state index >= 15 is 0 Å². The molecule has 9 heteroatoms. The minimum atomic E-state index is -0.397. The minimum absolute atomic E-state index is 0.204. The molecule has 4 aromatic rings. The van der Waals surface area contributed by atoms with Gasteiger partial charge in [0.25, 0.3) is 0 Å². The van der Waals surface area contributed by atoms with Crippen molar-refractivity contribution in [2.24, 2.45) is 0 Å². The monoisotopic (exact) mass is 500 g/mol. The molecular formula is C24H18Cl2N2O4S. The van der Waals surface area contributed by atoms with Crippen LogP contribution in [0.4, 0.5) is 5.13 Å². The maximum absolute atomic E-state index is 12.3. The van der Waals surface area contributed by atoms with E-state index in [4.69, 9.17) is 32.4 Å². The minimum Gasteiger partial charge on any atom is -0.459 e. The third-order valence-corrected chi connectivity index (χ3v) is 5.74. The predicted octanol–water partition coefficient (Wildman–Crippen LogP) is 7.08. The lowest BCUT2D eigenvalue weighted by Gasteiger charge is -2.07. The Labute approximate surface area is 203 Å². The summed E-state index contributed by atoms with van der Waals surface area (Å²) in [4.78, 5) is 28.8. The Hall–Kier alpha value is -3.13. The van der Waals surface area contributed by atoms with Gasteiger partial charge in [-0.2, -0.15) is 0 Å². The fourth-order valence-corrected chi connectivity index (χ4v) is 4.42. The van der Waals surface area contributed by atoms with Crippen molar-refractivity contribution in [2.75, 3.05) is 5.32 Å². The molecule has 2 aromatic carbocycles. The molecule has 2 aromatic heterocycles. The van der Waals surface area contributed by atoms with Gasteiger partial charge in [0.15, 0.2) is 5.13 Å². The van der Waals surface area contributed by atoms with Crippen LogP contribution in [-0.4, -0.2) is 23.0 Å². The normalized spacial score (nSPS) is 11.4. The standard InChI is InChI=1S/C24H18Cl2N2O4S/c1-13(2)31-23(30)14-3-6-19-21(11-14)33-24(27-19)28-22(29)8-5-18-4-7-20(32-18)15-9-16(25)12-17(26)10-15/h3-13H,1-2H3,(H,27,28,29)/b8-5+. The molecule has 6 nitrogen and oxygen atoms in total. The molecule has 0 saturated carbocycles. The van der Waals surface area contributed by atoms with Crippen LogP contribution < -0.4 is 5.32 Å². The number of esters is 1. The number of furan rings is 1. The quantitative estimate of drug-likeness (QED) is 0.226. The number of aromatic nitrogens is 1. The van der Waals surface area contributed by atoms with Gasteiger partial charge in [-0.3, -0.25) is 10.1 Å². The Bertz CT molecular complexity index is 1350. The first-order chi connectivity index (χ1) is 15.8. The van der Waals surface area contributed by atoms with Crippen molar-refractivity contribution >= 4 is 67.8 Å². The molecular weight excluding hydrogens is 483 g/mol. The van der Waals surface area contributed by atoms with E-state index in [-0.39, 0.29) is 12.0 Å². The highest BCUT2D eigenvalue weighted by Crippen LogP contribution is 2.29. The number of fused-ring (bicyclic) bond motifs is 1. The second-order valence-corrected chi connectivity index (χ2v) is 9.24. The van der Waals surface area contributed by atoms with Gasteiger partial charge in [0.2, 0.25) is 5.91 Å². The molecule has 0 aliphatic carbocycles. The number of benzene rings is 2. The Morgan fingerprint density at radius 2 is 1.85 bits per heavy atom. The van der Waals surface area contributed by atoms with Crippen LogP contribution in [0.15, 0.2) is 59.0 Å². The second-order valence-electron chi connectivity index (χ2n) is 7.34. The number of hydrogen-bond acceptors (Lipinski definition) is 6.